The van der Waals surface area contributed by atoms with Crippen molar-refractivity contribution in [3.63, 3.8) is 0 Å². The zero-order chi connectivity index (χ0) is 35.1. The Hall–Kier alpha value is -4.10. The summed E-state index contributed by atoms with van der Waals surface area (Å²) < 4.78 is 14.1. The van der Waals surface area contributed by atoms with Crippen molar-refractivity contribution in [2.45, 2.75) is 89.6 Å². The van der Waals surface area contributed by atoms with Gasteiger partial charge in [-0.1, -0.05) is 37.6 Å². The van der Waals surface area contributed by atoms with E-state index in [1.165, 1.54) is 11.9 Å². The number of hydrogen-bond acceptors (Lipinski definition) is 10. The molecule has 0 aromatic heterocycles. The number of amides is 2. The molecule has 262 valence electrons. The Morgan fingerprint density at radius 1 is 1.04 bits per heavy atom. The molecule has 0 aliphatic carbocycles. The number of hydrogen-bond donors (Lipinski definition) is 3. The van der Waals surface area contributed by atoms with E-state index in [9.17, 15) is 19.2 Å². The van der Waals surface area contributed by atoms with Gasteiger partial charge in [-0.3, -0.25) is 24.2 Å². The Bertz CT molecular complexity index is 1430. The third kappa shape index (κ3) is 11.0. The minimum atomic E-state index is -0.975. The predicted octanol–water partition coefficient (Wildman–Crippen LogP) is 4.11. The number of carbonyl (C=O) groups excluding carboxylic acids is 4. The van der Waals surface area contributed by atoms with Crippen LogP contribution in [0.15, 0.2) is 40.2 Å². The average molecular weight is 684 g/mol. The van der Waals surface area contributed by atoms with Crippen molar-refractivity contribution >= 4 is 42.0 Å². The number of rotatable bonds is 17. The van der Waals surface area contributed by atoms with E-state index < -0.39 is 24.0 Å². The van der Waals surface area contributed by atoms with Gasteiger partial charge in [0.25, 0.3) is 0 Å². The topological polar surface area (TPSA) is 148 Å². The molecule has 1 heterocycles. The van der Waals surface area contributed by atoms with Gasteiger partial charge in [0.2, 0.25) is 11.8 Å². The van der Waals surface area contributed by atoms with E-state index in [0.717, 1.165) is 65.0 Å². The number of aryl methyl sites for hydroxylation is 1. The lowest BCUT2D eigenvalue weighted by Gasteiger charge is -2.31. The maximum Gasteiger partial charge on any atom is 0.320 e. The summed E-state index contributed by atoms with van der Waals surface area (Å²) in [5.74, 6) is -0.000707. The quantitative estimate of drug-likeness (QED) is 0.0423. The van der Waals surface area contributed by atoms with E-state index >= 15 is 0 Å². The first-order valence-corrected chi connectivity index (χ1v) is 17.2. The third-order valence-corrected chi connectivity index (χ3v) is 9.56. The number of unbranched alkanes of at least 4 members (excludes halogenated alkanes) is 1. The molecule has 2 aromatic carbocycles. The number of likely N-dealkylation sites (tertiary alicyclic amines) is 1. The van der Waals surface area contributed by atoms with Crippen LogP contribution in [0.4, 0.5) is 0 Å². The number of hydroxylamine groups is 1. The fourth-order valence-corrected chi connectivity index (χ4v) is 6.40. The maximum absolute atomic E-state index is 14.0. The number of nitrogens with one attached hydrogen (secondary N) is 3. The summed E-state index contributed by atoms with van der Waals surface area (Å²) in [6.07, 6.45) is 4.49. The van der Waals surface area contributed by atoms with E-state index in [2.05, 4.69) is 25.3 Å². The normalized spacial score (nSPS) is 14.5. The van der Waals surface area contributed by atoms with E-state index in [1.807, 2.05) is 45.9 Å². The molecule has 12 nitrogen and oxygen atoms in total. The van der Waals surface area contributed by atoms with Crippen molar-refractivity contribution in [3.8, 4) is 5.75 Å². The first kappa shape index (κ1) is 38.3. The van der Waals surface area contributed by atoms with Gasteiger partial charge < -0.3 is 24.5 Å². The van der Waals surface area contributed by atoms with E-state index in [0.29, 0.717) is 24.5 Å². The van der Waals surface area contributed by atoms with Crippen molar-refractivity contribution in [1.29, 1.82) is 0 Å². The van der Waals surface area contributed by atoms with Crippen LogP contribution in [0.1, 0.15) is 73.3 Å². The van der Waals surface area contributed by atoms with Gasteiger partial charge in [0.05, 0.1) is 20.1 Å². The number of aliphatic imine (C=N–C) groups is 1. The van der Waals surface area contributed by atoms with Crippen LogP contribution in [0.2, 0.25) is 0 Å². The van der Waals surface area contributed by atoms with Crippen LogP contribution in [0.5, 0.6) is 5.75 Å². The van der Waals surface area contributed by atoms with Crippen LogP contribution >= 0.6 is 11.9 Å². The number of amidine groups is 1. The molecule has 2 amide bonds. The van der Waals surface area contributed by atoms with Crippen molar-refractivity contribution in [2.75, 3.05) is 33.9 Å². The Balaban J connectivity index is 1.86. The van der Waals surface area contributed by atoms with Crippen molar-refractivity contribution in [1.82, 2.24) is 20.4 Å². The average Bonchev–Trinajstić information content (AvgIpc) is 3.10. The molecule has 0 spiro atoms. The van der Waals surface area contributed by atoms with Crippen LogP contribution in [-0.4, -0.2) is 80.9 Å². The molecule has 3 N–H and O–H groups in total. The van der Waals surface area contributed by atoms with Gasteiger partial charge >= 0.3 is 12.4 Å². The van der Waals surface area contributed by atoms with Crippen molar-refractivity contribution < 1.29 is 33.5 Å². The lowest BCUT2D eigenvalue weighted by Crippen LogP contribution is -2.54. The summed E-state index contributed by atoms with van der Waals surface area (Å²) in [6, 6.07) is 7.35. The maximum atomic E-state index is 14.0. The molecule has 2 atom stereocenters. The Morgan fingerprint density at radius 3 is 2.38 bits per heavy atom. The minimum absolute atomic E-state index is 0.168. The third-order valence-electron chi connectivity index (χ3n) is 8.33. The summed E-state index contributed by atoms with van der Waals surface area (Å²) in [6.45, 7) is 9.73. The van der Waals surface area contributed by atoms with E-state index in [-0.39, 0.29) is 31.8 Å². The molecule has 1 aliphatic heterocycles. The number of esters is 1. The molecule has 13 heteroatoms. The van der Waals surface area contributed by atoms with E-state index in [4.69, 9.17) is 9.47 Å². The number of carbonyl (C=O) groups is 4. The van der Waals surface area contributed by atoms with Crippen molar-refractivity contribution in [3.05, 3.63) is 58.1 Å². The lowest BCUT2D eigenvalue weighted by molar-refractivity contribution is -0.146. The highest BCUT2D eigenvalue weighted by atomic mass is 32.2. The predicted molar refractivity (Wildman–Crippen MR) is 186 cm³/mol. The highest BCUT2D eigenvalue weighted by molar-refractivity contribution is 7.97. The number of piperidine rings is 1. The smallest absolute Gasteiger partial charge is 0.320 e. The summed E-state index contributed by atoms with van der Waals surface area (Å²) >= 11 is 1.27. The second kappa shape index (κ2) is 19.7. The highest BCUT2D eigenvalue weighted by Gasteiger charge is 2.31. The molecule has 2 unspecified atom stereocenters. The largest absolute Gasteiger partial charge is 0.496 e. The first-order chi connectivity index (χ1) is 23.1. The number of benzene rings is 2. The van der Waals surface area contributed by atoms with E-state index in [1.54, 1.807) is 31.2 Å². The fraction of sp³-hybridized carbons (Fsp3) is 0.514. The molecule has 2 aromatic rings. The Morgan fingerprint density at radius 2 is 1.75 bits per heavy atom. The molecule has 1 saturated heterocycles. The Labute approximate surface area is 287 Å². The van der Waals surface area contributed by atoms with Crippen LogP contribution in [0.3, 0.4) is 0 Å². The molecule has 0 saturated carbocycles. The lowest BCUT2D eigenvalue weighted by atomic mass is 10.0. The highest BCUT2D eigenvalue weighted by Crippen LogP contribution is 2.33. The molecule has 0 radical (unpaired) electrons. The van der Waals surface area contributed by atoms with Crippen LogP contribution in [0.25, 0.3) is 0 Å². The number of nitrogens with zero attached hydrogens (tertiary/aromatic N) is 2. The molecule has 0 bridgehead atoms. The molecule has 3 rings (SSSR count). The molecular formula is C35H49N5O7S. The first-order valence-electron chi connectivity index (χ1n) is 16.4. The summed E-state index contributed by atoms with van der Waals surface area (Å²) in [5, 5.41) is 2.98. The van der Waals surface area contributed by atoms with Crippen molar-refractivity contribution in [2.24, 2.45) is 4.99 Å². The fourth-order valence-electron chi connectivity index (χ4n) is 5.42. The van der Waals surface area contributed by atoms with Crippen LogP contribution in [-0.2, 0) is 35.2 Å². The summed E-state index contributed by atoms with van der Waals surface area (Å²) in [7, 11) is 3.19. The standard InChI is InChI=1S/C35H49N5O7S/c1-7-8-18-46-31(42)21-28(39-48-32-23(2)19-30(45-6)24(3)25(32)4)34(43)37-29(35(44)40-16-10-9-11-17-40)20-26-12-14-27(15-13-26)33(36-5)38-47-22-41/h12-15,19,22,28-29,39H,7-11,16-18,20-21H2,1-6H3,(H,36,38)(H,37,43). The summed E-state index contributed by atoms with van der Waals surface area (Å²) in [4.78, 5) is 62.8. The van der Waals surface area contributed by atoms with Crippen LogP contribution < -0.4 is 20.3 Å². The zero-order valence-corrected chi connectivity index (χ0v) is 29.7. The number of ether oxygens (including phenoxy) is 2. The van der Waals surface area contributed by atoms with Gasteiger partial charge in [0.1, 0.15) is 17.8 Å². The zero-order valence-electron chi connectivity index (χ0n) is 28.9. The second-order valence-corrected chi connectivity index (χ2v) is 12.6. The molecular weight excluding hydrogens is 634 g/mol. The van der Waals surface area contributed by atoms with Gasteiger partial charge in [-0.15, -0.1) is 0 Å². The van der Waals surface area contributed by atoms with Crippen LogP contribution in [0, 0.1) is 20.8 Å². The van der Waals surface area contributed by atoms with Gasteiger partial charge in [-0.25, -0.2) is 10.2 Å². The second-order valence-electron chi connectivity index (χ2n) is 11.8. The number of methoxy groups -OCH3 is 1. The Kier molecular flexibility index (Phi) is 15.7. The van der Waals surface area contributed by atoms with Gasteiger partial charge in [0.15, 0.2) is 5.84 Å². The molecule has 48 heavy (non-hydrogen) atoms. The van der Waals surface area contributed by atoms with Gasteiger partial charge in [0, 0.05) is 37.0 Å². The van der Waals surface area contributed by atoms with Gasteiger partial charge in [-0.2, -0.15) is 0 Å². The molecule has 1 fully saturated rings. The van der Waals surface area contributed by atoms with Gasteiger partial charge in [-0.05, 0) is 86.7 Å². The summed E-state index contributed by atoms with van der Waals surface area (Å²) in [5.41, 5.74) is 6.90. The monoisotopic (exact) mass is 683 g/mol. The SMILES string of the molecule is CCCCOC(=O)CC(NSc1c(C)cc(OC)c(C)c1C)C(=O)NC(Cc1ccc(C(=NC)NOC=O)cc1)C(=O)N1CCCCC1. The molecule has 1 aliphatic rings. The minimum Gasteiger partial charge on any atom is -0.496 e.